The maximum atomic E-state index is 4.46. The molecule has 1 aromatic rings. The van der Waals surface area contributed by atoms with Crippen molar-refractivity contribution in [1.29, 1.82) is 0 Å². The van der Waals surface area contributed by atoms with Crippen LogP contribution in [-0.2, 0) is 6.54 Å². The summed E-state index contributed by atoms with van der Waals surface area (Å²) >= 11 is 0. The summed E-state index contributed by atoms with van der Waals surface area (Å²) in [6.45, 7) is 3.50. The largest absolute Gasteiger partial charge is 0.353 e. The van der Waals surface area contributed by atoms with Crippen molar-refractivity contribution >= 4 is 5.95 Å². The van der Waals surface area contributed by atoms with Crippen molar-refractivity contribution in [3.8, 4) is 0 Å². The van der Waals surface area contributed by atoms with Crippen molar-refractivity contribution in [3.63, 3.8) is 0 Å². The zero-order chi connectivity index (χ0) is 11.7. The third-order valence-electron chi connectivity index (χ3n) is 4.32. The number of aromatic nitrogens is 2. The molecule has 1 atom stereocenters. The van der Waals surface area contributed by atoms with Crippen molar-refractivity contribution < 1.29 is 0 Å². The Kier molecular flexibility index (Phi) is 3.08. The van der Waals surface area contributed by atoms with Gasteiger partial charge < -0.3 is 9.88 Å². The van der Waals surface area contributed by atoms with Crippen molar-refractivity contribution in [1.82, 2.24) is 9.55 Å². The summed E-state index contributed by atoms with van der Waals surface area (Å²) < 4.78 is 2.31. The smallest absolute Gasteiger partial charge is 0.202 e. The summed E-state index contributed by atoms with van der Waals surface area (Å²) in [7, 11) is 0. The molecule has 2 fully saturated rings. The Morgan fingerprint density at radius 1 is 1.35 bits per heavy atom. The first-order valence-corrected chi connectivity index (χ1v) is 7.10. The van der Waals surface area contributed by atoms with E-state index in [1.807, 2.05) is 6.20 Å². The predicted molar refractivity (Wildman–Crippen MR) is 70.0 cm³/mol. The summed E-state index contributed by atoms with van der Waals surface area (Å²) in [5.41, 5.74) is 0. The summed E-state index contributed by atoms with van der Waals surface area (Å²) in [6, 6.07) is 0.660. The zero-order valence-electron chi connectivity index (χ0n) is 10.7. The van der Waals surface area contributed by atoms with Crippen LogP contribution in [0.3, 0.4) is 0 Å². The molecule has 2 aliphatic carbocycles. The molecule has 2 saturated carbocycles. The third-order valence-corrected chi connectivity index (χ3v) is 4.32. The highest BCUT2D eigenvalue weighted by molar-refractivity contribution is 5.28. The van der Waals surface area contributed by atoms with Gasteiger partial charge in [0.15, 0.2) is 0 Å². The Bertz CT molecular complexity index is 343. The SMILES string of the molecule is CC(Cn1ccnc1NC1CCCC1)C1CC1. The number of hydrogen-bond acceptors (Lipinski definition) is 2. The first kappa shape index (κ1) is 11.1. The lowest BCUT2D eigenvalue weighted by Gasteiger charge is -2.17. The minimum atomic E-state index is 0.660. The quantitative estimate of drug-likeness (QED) is 0.845. The molecule has 1 unspecified atom stereocenters. The number of hydrogen-bond donors (Lipinski definition) is 1. The van der Waals surface area contributed by atoms with Crippen molar-refractivity contribution in [3.05, 3.63) is 12.4 Å². The Balaban J connectivity index is 1.61. The van der Waals surface area contributed by atoms with Gasteiger partial charge in [0.05, 0.1) is 0 Å². The molecule has 0 radical (unpaired) electrons. The van der Waals surface area contributed by atoms with Crippen LogP contribution in [0.4, 0.5) is 5.95 Å². The standard InChI is InChI=1S/C14H23N3/c1-11(12-6-7-12)10-17-9-8-15-14(17)16-13-4-2-3-5-13/h8-9,11-13H,2-7,10H2,1H3,(H,15,16). The molecule has 17 heavy (non-hydrogen) atoms. The monoisotopic (exact) mass is 233 g/mol. The zero-order valence-corrected chi connectivity index (χ0v) is 10.7. The minimum absolute atomic E-state index is 0.660. The molecular weight excluding hydrogens is 210 g/mol. The van der Waals surface area contributed by atoms with E-state index in [0.717, 1.165) is 24.3 Å². The fourth-order valence-corrected chi connectivity index (χ4v) is 2.97. The van der Waals surface area contributed by atoms with Gasteiger partial charge in [0.2, 0.25) is 5.95 Å². The maximum absolute atomic E-state index is 4.46. The molecule has 0 saturated heterocycles. The van der Waals surface area contributed by atoms with Crippen LogP contribution in [0.1, 0.15) is 45.4 Å². The van der Waals surface area contributed by atoms with E-state index in [2.05, 4.69) is 28.0 Å². The van der Waals surface area contributed by atoms with Crippen molar-refractivity contribution in [2.24, 2.45) is 11.8 Å². The van der Waals surface area contributed by atoms with Crippen LogP contribution in [0, 0.1) is 11.8 Å². The van der Waals surface area contributed by atoms with Crippen LogP contribution >= 0.6 is 0 Å². The molecular formula is C14H23N3. The first-order valence-electron chi connectivity index (χ1n) is 7.10. The van der Waals surface area contributed by atoms with Gasteiger partial charge in [0, 0.05) is 25.0 Å². The average Bonchev–Trinajstić information content (AvgIpc) is 2.90. The van der Waals surface area contributed by atoms with Crippen molar-refractivity contribution in [2.75, 3.05) is 5.32 Å². The number of imidazole rings is 1. The molecule has 1 N–H and O–H groups in total. The van der Waals surface area contributed by atoms with E-state index in [1.54, 1.807) is 0 Å². The van der Waals surface area contributed by atoms with Crippen LogP contribution in [-0.4, -0.2) is 15.6 Å². The Labute approximate surface area is 104 Å². The average molecular weight is 233 g/mol. The minimum Gasteiger partial charge on any atom is -0.353 e. The van der Waals surface area contributed by atoms with Crippen molar-refractivity contribution in [2.45, 2.75) is 58.0 Å². The lowest BCUT2D eigenvalue weighted by atomic mass is 10.1. The van der Waals surface area contributed by atoms with Gasteiger partial charge in [-0.15, -0.1) is 0 Å². The Morgan fingerprint density at radius 3 is 2.82 bits per heavy atom. The molecule has 0 spiro atoms. The van der Waals surface area contributed by atoms with Crippen LogP contribution < -0.4 is 5.32 Å². The molecule has 0 amide bonds. The number of anilines is 1. The highest BCUT2D eigenvalue weighted by Gasteiger charge is 2.28. The van der Waals surface area contributed by atoms with Crippen LogP contribution in [0.15, 0.2) is 12.4 Å². The number of nitrogens with zero attached hydrogens (tertiary/aromatic N) is 2. The Hall–Kier alpha value is -0.990. The van der Waals surface area contributed by atoms with Gasteiger partial charge in [-0.05, 0) is 37.5 Å². The van der Waals surface area contributed by atoms with E-state index in [9.17, 15) is 0 Å². The van der Waals surface area contributed by atoms with Gasteiger partial charge in [-0.3, -0.25) is 0 Å². The summed E-state index contributed by atoms with van der Waals surface area (Å²) in [4.78, 5) is 4.46. The Morgan fingerprint density at radius 2 is 2.12 bits per heavy atom. The van der Waals surface area contributed by atoms with Gasteiger partial charge in [0.1, 0.15) is 0 Å². The molecule has 3 rings (SSSR count). The summed E-state index contributed by atoms with van der Waals surface area (Å²) in [5, 5.41) is 3.61. The number of rotatable bonds is 5. The number of nitrogens with one attached hydrogen (secondary N) is 1. The summed E-state index contributed by atoms with van der Waals surface area (Å²) in [5.74, 6) is 2.86. The molecule has 0 bridgehead atoms. The molecule has 1 aromatic heterocycles. The fraction of sp³-hybridized carbons (Fsp3) is 0.786. The first-order chi connectivity index (χ1) is 8.33. The molecule has 0 aliphatic heterocycles. The van der Waals surface area contributed by atoms with Crippen LogP contribution in [0.25, 0.3) is 0 Å². The van der Waals surface area contributed by atoms with Gasteiger partial charge in [-0.2, -0.15) is 0 Å². The van der Waals surface area contributed by atoms with E-state index in [-0.39, 0.29) is 0 Å². The van der Waals surface area contributed by atoms with E-state index >= 15 is 0 Å². The highest BCUT2D eigenvalue weighted by atomic mass is 15.2. The van der Waals surface area contributed by atoms with Gasteiger partial charge in [-0.25, -0.2) is 4.98 Å². The fourth-order valence-electron chi connectivity index (χ4n) is 2.97. The van der Waals surface area contributed by atoms with E-state index in [4.69, 9.17) is 0 Å². The second-order valence-electron chi connectivity index (χ2n) is 5.84. The van der Waals surface area contributed by atoms with Gasteiger partial charge >= 0.3 is 0 Å². The van der Waals surface area contributed by atoms with Crippen LogP contribution in [0.5, 0.6) is 0 Å². The second-order valence-corrected chi connectivity index (χ2v) is 5.84. The molecule has 94 valence electrons. The highest BCUT2D eigenvalue weighted by Crippen LogP contribution is 2.37. The topological polar surface area (TPSA) is 29.9 Å². The van der Waals surface area contributed by atoms with E-state index in [0.29, 0.717) is 6.04 Å². The lowest BCUT2D eigenvalue weighted by Crippen LogP contribution is -2.19. The molecule has 1 heterocycles. The third kappa shape index (κ3) is 2.64. The van der Waals surface area contributed by atoms with Crippen LogP contribution in [0.2, 0.25) is 0 Å². The second kappa shape index (κ2) is 4.71. The molecule has 2 aliphatic rings. The predicted octanol–water partition coefficient (Wildman–Crippen LogP) is 3.28. The van der Waals surface area contributed by atoms with E-state index < -0.39 is 0 Å². The molecule has 3 nitrogen and oxygen atoms in total. The van der Waals surface area contributed by atoms with E-state index in [1.165, 1.54) is 38.5 Å². The normalized spacial score (nSPS) is 22.9. The van der Waals surface area contributed by atoms with Gasteiger partial charge in [-0.1, -0.05) is 19.8 Å². The molecule has 3 heteroatoms. The molecule has 0 aromatic carbocycles. The van der Waals surface area contributed by atoms with Gasteiger partial charge in [0.25, 0.3) is 0 Å². The summed E-state index contributed by atoms with van der Waals surface area (Å²) in [6.07, 6.45) is 12.3. The lowest BCUT2D eigenvalue weighted by molar-refractivity contribution is 0.431. The maximum Gasteiger partial charge on any atom is 0.202 e.